The van der Waals surface area contributed by atoms with Gasteiger partial charge in [-0.15, -0.1) is 5.10 Å². The number of ether oxygens (including phenoxy) is 1. The molecule has 0 spiro atoms. The maximum absolute atomic E-state index is 11.1. The minimum atomic E-state index is -0.790. The summed E-state index contributed by atoms with van der Waals surface area (Å²) >= 11 is 0. The highest BCUT2D eigenvalue weighted by Crippen LogP contribution is 2.23. The zero-order valence-corrected chi connectivity index (χ0v) is 12.9. The molecule has 0 saturated carbocycles. The van der Waals surface area contributed by atoms with Crippen LogP contribution in [0.2, 0.25) is 0 Å². The molecular weight excluding hydrogens is 310 g/mol. The molecule has 3 rings (SSSR count). The first-order chi connectivity index (χ1) is 11.6. The number of primary amides is 1. The van der Waals surface area contributed by atoms with Crippen molar-refractivity contribution in [2.24, 2.45) is 5.73 Å². The third-order valence-corrected chi connectivity index (χ3v) is 3.44. The summed E-state index contributed by atoms with van der Waals surface area (Å²) in [6, 6.07) is 9.01. The maximum atomic E-state index is 11.1. The van der Waals surface area contributed by atoms with Crippen LogP contribution in [0.15, 0.2) is 42.7 Å². The number of pyridine rings is 1. The molecule has 0 saturated heterocycles. The van der Waals surface area contributed by atoms with E-state index in [0.29, 0.717) is 17.8 Å². The fraction of sp³-hybridized carbons (Fsp3) is 0.125. The highest BCUT2D eigenvalue weighted by molar-refractivity contribution is 5.93. The van der Waals surface area contributed by atoms with E-state index in [0.717, 1.165) is 11.3 Å². The number of hydrogen-bond donors (Lipinski definition) is 2. The van der Waals surface area contributed by atoms with Crippen LogP contribution in [0.25, 0.3) is 11.3 Å². The van der Waals surface area contributed by atoms with Crippen molar-refractivity contribution in [1.82, 2.24) is 20.0 Å². The number of amides is 1. The highest BCUT2D eigenvalue weighted by atomic mass is 16.5. The molecule has 0 aliphatic carbocycles. The lowest BCUT2D eigenvalue weighted by molar-refractivity contribution is 0.0993. The summed E-state index contributed by atoms with van der Waals surface area (Å²) in [5.74, 6) is -0.291. The first-order valence-electron chi connectivity index (χ1n) is 7.09. The fourth-order valence-electron chi connectivity index (χ4n) is 2.21. The van der Waals surface area contributed by atoms with E-state index in [4.69, 9.17) is 10.5 Å². The molecule has 3 aromatic rings. The molecule has 122 valence electrons. The van der Waals surface area contributed by atoms with E-state index < -0.39 is 5.91 Å². The highest BCUT2D eigenvalue weighted by Gasteiger charge is 2.12. The van der Waals surface area contributed by atoms with Crippen molar-refractivity contribution >= 4 is 5.91 Å². The number of hydrogen-bond acceptors (Lipinski definition) is 6. The summed E-state index contributed by atoms with van der Waals surface area (Å²) in [4.78, 5) is 14.9. The van der Waals surface area contributed by atoms with Crippen LogP contribution in [0.5, 0.6) is 11.5 Å². The molecule has 1 aromatic carbocycles. The number of aromatic nitrogens is 4. The molecule has 0 aliphatic rings. The smallest absolute Gasteiger partial charge is 0.271 e. The molecule has 0 radical (unpaired) electrons. The van der Waals surface area contributed by atoms with E-state index in [9.17, 15) is 9.90 Å². The first kappa shape index (κ1) is 15.5. The lowest BCUT2D eigenvalue weighted by Crippen LogP contribution is -2.13. The Morgan fingerprint density at radius 3 is 2.71 bits per heavy atom. The number of nitrogens with zero attached hydrogens (tertiary/aromatic N) is 4. The van der Waals surface area contributed by atoms with Crippen LogP contribution in [0, 0.1) is 0 Å². The van der Waals surface area contributed by atoms with Crippen molar-refractivity contribution in [3.05, 3.63) is 54.0 Å². The zero-order valence-electron chi connectivity index (χ0n) is 12.9. The van der Waals surface area contributed by atoms with Gasteiger partial charge in [0.15, 0.2) is 5.69 Å². The second-order valence-electron chi connectivity index (χ2n) is 5.11. The van der Waals surface area contributed by atoms with Gasteiger partial charge in [-0.2, -0.15) is 0 Å². The van der Waals surface area contributed by atoms with Gasteiger partial charge >= 0.3 is 0 Å². The van der Waals surface area contributed by atoms with Gasteiger partial charge in [-0.3, -0.25) is 4.79 Å². The number of aromatic hydroxyl groups is 1. The van der Waals surface area contributed by atoms with Gasteiger partial charge in [-0.1, -0.05) is 17.3 Å². The van der Waals surface area contributed by atoms with Crippen LogP contribution in [-0.4, -0.2) is 38.1 Å². The number of carbonyl (C=O) groups excluding carboxylic acids is 1. The minimum Gasteiger partial charge on any atom is -0.505 e. The molecular formula is C16H15N5O3. The summed E-state index contributed by atoms with van der Waals surface area (Å²) in [6.45, 7) is 0.537. The largest absolute Gasteiger partial charge is 0.505 e. The number of benzene rings is 1. The molecule has 0 bridgehead atoms. The van der Waals surface area contributed by atoms with Gasteiger partial charge < -0.3 is 15.6 Å². The minimum absolute atomic E-state index is 0.177. The summed E-state index contributed by atoms with van der Waals surface area (Å²) in [6.07, 6.45) is 3.15. The molecule has 24 heavy (non-hydrogen) atoms. The number of nitrogens with two attached hydrogens (primary N) is 1. The van der Waals surface area contributed by atoms with E-state index in [1.807, 2.05) is 24.3 Å². The normalized spacial score (nSPS) is 10.5. The Bertz CT molecular complexity index is 874. The van der Waals surface area contributed by atoms with Crippen molar-refractivity contribution in [3.8, 4) is 22.8 Å². The van der Waals surface area contributed by atoms with Crippen LogP contribution in [0.3, 0.4) is 0 Å². The van der Waals surface area contributed by atoms with Crippen LogP contribution in [0.4, 0.5) is 0 Å². The standard InChI is InChI=1S/C16H15N5O3/c1-24-12-4-2-10(3-5-12)8-21-9-13(19-20-21)11-6-14(22)15(16(17)23)18-7-11/h2-7,9,22H,8H2,1H3,(H2,17,23). The van der Waals surface area contributed by atoms with E-state index in [1.54, 1.807) is 18.0 Å². The van der Waals surface area contributed by atoms with Gasteiger partial charge in [-0.05, 0) is 23.8 Å². The van der Waals surface area contributed by atoms with Crippen LogP contribution in [-0.2, 0) is 6.54 Å². The van der Waals surface area contributed by atoms with Crippen molar-refractivity contribution < 1.29 is 14.6 Å². The predicted octanol–water partition coefficient (Wildman–Crippen LogP) is 1.20. The summed E-state index contributed by atoms with van der Waals surface area (Å²) in [7, 11) is 1.62. The molecule has 2 aromatic heterocycles. The Balaban J connectivity index is 1.79. The molecule has 0 fully saturated rings. The van der Waals surface area contributed by atoms with Gasteiger partial charge in [0.1, 0.15) is 17.2 Å². The molecule has 0 unspecified atom stereocenters. The third-order valence-electron chi connectivity index (χ3n) is 3.44. The lowest BCUT2D eigenvalue weighted by Gasteiger charge is -2.03. The topological polar surface area (TPSA) is 116 Å². The van der Waals surface area contributed by atoms with Gasteiger partial charge in [0.25, 0.3) is 5.91 Å². The van der Waals surface area contributed by atoms with Gasteiger partial charge in [0.2, 0.25) is 0 Å². The fourth-order valence-corrected chi connectivity index (χ4v) is 2.21. The Hall–Kier alpha value is -3.42. The zero-order chi connectivity index (χ0) is 17.1. The van der Waals surface area contributed by atoms with Crippen molar-refractivity contribution in [1.29, 1.82) is 0 Å². The van der Waals surface area contributed by atoms with Crippen molar-refractivity contribution in [3.63, 3.8) is 0 Å². The Morgan fingerprint density at radius 1 is 1.33 bits per heavy atom. The van der Waals surface area contributed by atoms with E-state index >= 15 is 0 Å². The van der Waals surface area contributed by atoms with E-state index in [2.05, 4.69) is 15.3 Å². The monoisotopic (exact) mass is 325 g/mol. The van der Waals surface area contributed by atoms with Crippen LogP contribution in [0.1, 0.15) is 16.1 Å². The van der Waals surface area contributed by atoms with Gasteiger partial charge in [0, 0.05) is 11.8 Å². The number of rotatable bonds is 5. The number of methoxy groups -OCH3 is 1. The molecule has 0 aliphatic heterocycles. The Kier molecular flexibility index (Phi) is 4.11. The average molecular weight is 325 g/mol. The van der Waals surface area contributed by atoms with Gasteiger partial charge in [-0.25, -0.2) is 9.67 Å². The number of carbonyl (C=O) groups is 1. The predicted molar refractivity (Wildman–Crippen MR) is 85.5 cm³/mol. The SMILES string of the molecule is COc1ccc(Cn2cc(-c3cnc(C(N)=O)c(O)c3)nn2)cc1. The summed E-state index contributed by atoms with van der Waals surface area (Å²) in [5.41, 5.74) is 7.04. The third kappa shape index (κ3) is 3.17. The van der Waals surface area contributed by atoms with Gasteiger partial charge in [0.05, 0.1) is 19.9 Å². The quantitative estimate of drug-likeness (QED) is 0.728. The molecule has 1 amide bonds. The van der Waals surface area contributed by atoms with Crippen molar-refractivity contribution in [2.75, 3.05) is 7.11 Å². The van der Waals surface area contributed by atoms with E-state index in [1.165, 1.54) is 12.3 Å². The maximum Gasteiger partial charge on any atom is 0.271 e. The Labute approximate surface area is 137 Å². The average Bonchev–Trinajstić information content (AvgIpc) is 3.03. The van der Waals surface area contributed by atoms with E-state index in [-0.39, 0.29) is 11.4 Å². The molecule has 2 heterocycles. The summed E-state index contributed by atoms with van der Waals surface area (Å²) in [5, 5.41) is 17.9. The second kappa shape index (κ2) is 6.37. The Morgan fingerprint density at radius 2 is 2.08 bits per heavy atom. The summed E-state index contributed by atoms with van der Waals surface area (Å²) < 4.78 is 6.78. The second-order valence-corrected chi connectivity index (χ2v) is 5.11. The molecule has 8 heteroatoms. The molecule has 8 nitrogen and oxygen atoms in total. The van der Waals surface area contributed by atoms with Crippen molar-refractivity contribution in [2.45, 2.75) is 6.54 Å². The molecule has 0 atom stereocenters. The van der Waals surface area contributed by atoms with Crippen LogP contribution < -0.4 is 10.5 Å². The first-order valence-corrected chi connectivity index (χ1v) is 7.09. The van der Waals surface area contributed by atoms with Crippen LogP contribution >= 0.6 is 0 Å². The lowest BCUT2D eigenvalue weighted by atomic mass is 10.2. The molecule has 3 N–H and O–H groups in total.